The average molecular weight is 361 g/mol. The van der Waals surface area contributed by atoms with Gasteiger partial charge < -0.3 is 10.6 Å². The first-order valence-electron chi connectivity index (χ1n) is 8.52. The maximum atomic E-state index is 13.2. The first-order valence-corrected chi connectivity index (χ1v) is 8.52. The molecule has 1 aliphatic heterocycles. The fourth-order valence-corrected chi connectivity index (χ4v) is 3.24. The molecule has 6 heteroatoms. The number of hydrogen-bond donors (Lipinski definition) is 2. The van der Waals surface area contributed by atoms with Crippen molar-refractivity contribution in [3.8, 4) is 0 Å². The topological polar surface area (TPSA) is 71.1 Å². The maximum absolute atomic E-state index is 13.2. The van der Waals surface area contributed by atoms with E-state index < -0.39 is 5.92 Å². The van der Waals surface area contributed by atoms with E-state index in [0.29, 0.717) is 16.8 Å². The van der Waals surface area contributed by atoms with Crippen LogP contribution in [-0.2, 0) is 9.59 Å². The summed E-state index contributed by atoms with van der Waals surface area (Å²) in [6.45, 7) is 0. The molecule has 0 saturated carbocycles. The van der Waals surface area contributed by atoms with Gasteiger partial charge >= 0.3 is 0 Å². The minimum absolute atomic E-state index is 0.127. The Kier molecular flexibility index (Phi) is 4.38. The quantitative estimate of drug-likeness (QED) is 0.750. The van der Waals surface area contributed by atoms with Crippen LogP contribution in [0.3, 0.4) is 0 Å². The van der Waals surface area contributed by atoms with Gasteiger partial charge in [0, 0.05) is 35.7 Å². The lowest BCUT2D eigenvalue weighted by Gasteiger charge is -2.24. The van der Waals surface area contributed by atoms with Crippen LogP contribution < -0.4 is 10.6 Å². The third kappa shape index (κ3) is 3.42. The molecule has 1 aromatic heterocycles. The number of nitrogens with zero attached hydrogens (tertiary/aromatic N) is 1. The fourth-order valence-electron chi connectivity index (χ4n) is 3.24. The molecule has 0 saturated heterocycles. The van der Waals surface area contributed by atoms with Gasteiger partial charge in [0.2, 0.25) is 5.91 Å². The minimum atomic E-state index is -0.438. The van der Waals surface area contributed by atoms with Gasteiger partial charge in [-0.3, -0.25) is 14.6 Å². The molecule has 27 heavy (non-hydrogen) atoms. The second kappa shape index (κ2) is 6.99. The Morgan fingerprint density at radius 2 is 1.93 bits per heavy atom. The normalized spacial score (nSPS) is 16.6. The first-order chi connectivity index (χ1) is 13.1. The molecule has 0 aliphatic carbocycles. The largest absolute Gasteiger partial charge is 0.332 e. The molecule has 0 unspecified atom stereocenters. The molecule has 0 radical (unpaired) electrons. The average Bonchev–Trinajstić information content (AvgIpc) is 2.69. The molecule has 1 aliphatic rings. The van der Waals surface area contributed by atoms with Gasteiger partial charge in [-0.15, -0.1) is 0 Å². The van der Waals surface area contributed by atoms with Crippen LogP contribution >= 0.6 is 0 Å². The van der Waals surface area contributed by atoms with Gasteiger partial charge in [-0.25, -0.2) is 4.39 Å². The van der Waals surface area contributed by atoms with Gasteiger partial charge in [0.15, 0.2) is 0 Å². The maximum Gasteiger partial charge on any atom is 0.253 e. The van der Waals surface area contributed by atoms with Crippen molar-refractivity contribution in [1.29, 1.82) is 0 Å². The summed E-state index contributed by atoms with van der Waals surface area (Å²) in [5, 5.41) is 6.33. The smallest absolute Gasteiger partial charge is 0.253 e. The van der Waals surface area contributed by atoms with Crippen LogP contribution in [0.2, 0.25) is 0 Å². The van der Waals surface area contributed by atoms with Crippen molar-refractivity contribution in [3.05, 3.63) is 83.9 Å². The predicted molar refractivity (Wildman–Crippen MR) is 100 cm³/mol. The summed E-state index contributed by atoms with van der Waals surface area (Å²) in [6.07, 6.45) is 3.25. The van der Waals surface area contributed by atoms with Gasteiger partial charge in [0.05, 0.1) is 11.2 Å². The second-order valence-corrected chi connectivity index (χ2v) is 6.31. The molecular formula is C21H16FN3O2. The van der Waals surface area contributed by atoms with Gasteiger partial charge in [0.25, 0.3) is 5.91 Å². The Bertz CT molecular complexity index is 1060. The molecule has 2 heterocycles. The Hall–Kier alpha value is -3.54. The fraction of sp³-hybridized carbons (Fsp3) is 0.0952. The Morgan fingerprint density at radius 3 is 2.74 bits per heavy atom. The number of aromatic nitrogens is 1. The van der Waals surface area contributed by atoms with E-state index in [0.717, 1.165) is 10.9 Å². The van der Waals surface area contributed by atoms with Crippen molar-refractivity contribution < 1.29 is 14.0 Å². The number of benzene rings is 2. The monoisotopic (exact) mass is 361 g/mol. The van der Waals surface area contributed by atoms with E-state index in [1.807, 2.05) is 18.2 Å². The molecule has 4 rings (SSSR count). The molecule has 1 atom stereocenters. The zero-order valence-corrected chi connectivity index (χ0v) is 14.3. The molecule has 5 nitrogen and oxygen atoms in total. The van der Waals surface area contributed by atoms with Crippen LogP contribution in [-0.4, -0.2) is 16.8 Å². The van der Waals surface area contributed by atoms with Crippen LogP contribution in [0.5, 0.6) is 0 Å². The van der Waals surface area contributed by atoms with E-state index in [9.17, 15) is 14.0 Å². The third-order valence-electron chi connectivity index (χ3n) is 4.58. The number of carbonyl (C=O) groups excluding carboxylic acids is 2. The van der Waals surface area contributed by atoms with Crippen LogP contribution in [0.25, 0.3) is 10.9 Å². The standard InChI is InChI=1S/C21H16FN3O2/c22-14-8-6-13(7-9-14)16-11-20(26)24-12-17(16)21(27)25-19-5-1-4-18-15(19)3-2-10-23-18/h1-10,12,16H,11H2,(H,24,26)(H,25,27)/t16-/m0/s1. The molecule has 2 amide bonds. The summed E-state index contributed by atoms with van der Waals surface area (Å²) in [6, 6.07) is 15.0. The van der Waals surface area contributed by atoms with Gasteiger partial charge in [-0.1, -0.05) is 18.2 Å². The van der Waals surface area contributed by atoms with Crippen LogP contribution in [0.4, 0.5) is 10.1 Å². The van der Waals surface area contributed by atoms with Gasteiger partial charge in [-0.05, 0) is 42.0 Å². The molecule has 134 valence electrons. The molecule has 0 fully saturated rings. The summed E-state index contributed by atoms with van der Waals surface area (Å²) in [4.78, 5) is 29.1. The number of halogens is 1. The number of nitrogens with one attached hydrogen (secondary N) is 2. The number of fused-ring (bicyclic) bond motifs is 1. The summed E-state index contributed by atoms with van der Waals surface area (Å²) in [7, 11) is 0. The lowest BCUT2D eigenvalue weighted by Crippen LogP contribution is -2.32. The Balaban J connectivity index is 1.66. The zero-order chi connectivity index (χ0) is 18.8. The number of anilines is 1. The SMILES string of the molecule is O=C1C[C@@H](c2ccc(F)cc2)C(C(=O)Nc2cccc3ncccc23)=CN1. The number of pyridine rings is 1. The van der Waals surface area contributed by atoms with Crippen molar-refractivity contribution >= 4 is 28.4 Å². The van der Waals surface area contributed by atoms with E-state index in [-0.39, 0.29) is 24.1 Å². The first kappa shape index (κ1) is 16.9. The van der Waals surface area contributed by atoms with Crippen LogP contribution in [0, 0.1) is 5.82 Å². The zero-order valence-electron chi connectivity index (χ0n) is 14.3. The van der Waals surface area contributed by atoms with E-state index in [1.54, 1.807) is 30.5 Å². The lowest BCUT2D eigenvalue weighted by molar-refractivity contribution is -0.121. The van der Waals surface area contributed by atoms with Crippen LogP contribution in [0.1, 0.15) is 17.9 Å². The van der Waals surface area contributed by atoms with Crippen molar-refractivity contribution in [3.63, 3.8) is 0 Å². The summed E-state index contributed by atoms with van der Waals surface area (Å²) < 4.78 is 13.2. The van der Waals surface area contributed by atoms with Crippen molar-refractivity contribution in [1.82, 2.24) is 10.3 Å². The van der Waals surface area contributed by atoms with Crippen molar-refractivity contribution in [2.24, 2.45) is 0 Å². The van der Waals surface area contributed by atoms with Crippen molar-refractivity contribution in [2.75, 3.05) is 5.32 Å². The summed E-state index contributed by atoms with van der Waals surface area (Å²) >= 11 is 0. The van der Waals surface area contributed by atoms with E-state index >= 15 is 0 Å². The number of hydrogen-bond acceptors (Lipinski definition) is 3. The second-order valence-electron chi connectivity index (χ2n) is 6.31. The highest BCUT2D eigenvalue weighted by molar-refractivity contribution is 6.10. The Labute approximate surface area is 154 Å². The van der Waals surface area contributed by atoms with Gasteiger partial charge in [-0.2, -0.15) is 0 Å². The highest BCUT2D eigenvalue weighted by Crippen LogP contribution is 2.31. The summed E-state index contributed by atoms with van der Waals surface area (Å²) in [5.41, 5.74) is 2.55. The molecule has 2 N–H and O–H groups in total. The minimum Gasteiger partial charge on any atom is -0.332 e. The third-order valence-corrected chi connectivity index (χ3v) is 4.58. The summed E-state index contributed by atoms with van der Waals surface area (Å²) in [5.74, 6) is -1.30. The van der Waals surface area contributed by atoms with Gasteiger partial charge in [0.1, 0.15) is 5.82 Å². The highest BCUT2D eigenvalue weighted by Gasteiger charge is 2.29. The lowest BCUT2D eigenvalue weighted by atomic mass is 9.86. The number of rotatable bonds is 3. The van der Waals surface area contributed by atoms with E-state index in [1.165, 1.54) is 18.3 Å². The predicted octanol–water partition coefficient (Wildman–Crippen LogP) is 3.50. The van der Waals surface area contributed by atoms with Crippen molar-refractivity contribution in [2.45, 2.75) is 12.3 Å². The molecule has 0 bridgehead atoms. The van der Waals surface area contributed by atoms with Crippen LogP contribution in [0.15, 0.2) is 72.6 Å². The van der Waals surface area contributed by atoms with E-state index in [4.69, 9.17) is 0 Å². The highest BCUT2D eigenvalue weighted by atomic mass is 19.1. The molecule has 3 aromatic rings. The number of amides is 2. The number of carbonyl (C=O) groups is 2. The molecule has 2 aromatic carbocycles. The molecule has 0 spiro atoms. The Morgan fingerprint density at radius 1 is 1.11 bits per heavy atom. The van der Waals surface area contributed by atoms with E-state index in [2.05, 4.69) is 15.6 Å². The molecular weight excluding hydrogens is 345 g/mol.